The number of rotatable bonds is 0. The lowest BCUT2D eigenvalue weighted by Gasteiger charge is -2.14. The van der Waals surface area contributed by atoms with E-state index >= 15 is 0 Å². The van der Waals surface area contributed by atoms with Crippen LogP contribution in [0.25, 0.3) is 4.96 Å². The Morgan fingerprint density at radius 3 is 3.07 bits per heavy atom. The molecule has 1 aliphatic rings. The normalized spacial score (nSPS) is 19.1. The van der Waals surface area contributed by atoms with Crippen molar-refractivity contribution in [3.05, 3.63) is 22.5 Å². The Kier molecular flexibility index (Phi) is 1.45. The number of nitrogens with zero attached hydrogens (tertiary/aromatic N) is 2. The van der Waals surface area contributed by atoms with E-state index in [0.29, 0.717) is 0 Å². The molecule has 0 aliphatic heterocycles. The largest absolute Gasteiger partial charge is 0.292 e. The summed E-state index contributed by atoms with van der Waals surface area (Å²) >= 11 is 1.75. The first-order valence-corrected chi connectivity index (χ1v) is 5.93. The molecule has 0 saturated heterocycles. The smallest absolute Gasteiger partial charge is 0.194 e. The van der Waals surface area contributed by atoms with Gasteiger partial charge in [-0.15, -0.1) is 11.3 Å². The lowest BCUT2D eigenvalue weighted by molar-refractivity contribution is 0.510. The van der Waals surface area contributed by atoms with Gasteiger partial charge in [-0.25, -0.2) is 4.98 Å². The van der Waals surface area contributed by atoms with E-state index in [1.807, 2.05) is 0 Å². The highest BCUT2D eigenvalue weighted by Crippen LogP contribution is 2.39. The van der Waals surface area contributed by atoms with Crippen LogP contribution in [0.5, 0.6) is 0 Å². The van der Waals surface area contributed by atoms with Crippen molar-refractivity contribution in [2.24, 2.45) is 0 Å². The molecule has 0 unspecified atom stereocenters. The number of aryl methyl sites for hydroxylation is 2. The fourth-order valence-corrected chi connectivity index (χ4v) is 3.27. The minimum Gasteiger partial charge on any atom is -0.292 e. The molecular formula is C11H14N2S. The zero-order valence-electron chi connectivity index (χ0n) is 8.79. The molecule has 14 heavy (non-hydrogen) atoms. The van der Waals surface area contributed by atoms with Crippen molar-refractivity contribution in [3.63, 3.8) is 0 Å². The van der Waals surface area contributed by atoms with Gasteiger partial charge < -0.3 is 0 Å². The standard InChI is InChI=1S/C11H14N2S/c1-7-6-14-10-12-9-8(13(7)10)4-5-11(9,2)3/h6H,4-5H2,1-3H3. The van der Waals surface area contributed by atoms with Crippen LogP contribution >= 0.6 is 11.3 Å². The zero-order valence-corrected chi connectivity index (χ0v) is 9.61. The molecule has 74 valence electrons. The molecule has 2 aromatic heterocycles. The number of hydrogen-bond donors (Lipinski definition) is 0. The van der Waals surface area contributed by atoms with Crippen molar-refractivity contribution in [3.8, 4) is 0 Å². The van der Waals surface area contributed by atoms with E-state index in [1.165, 1.54) is 34.9 Å². The minimum absolute atomic E-state index is 0.285. The maximum atomic E-state index is 4.75. The van der Waals surface area contributed by atoms with E-state index in [0.717, 1.165) is 0 Å². The van der Waals surface area contributed by atoms with Gasteiger partial charge in [-0.05, 0) is 19.8 Å². The molecule has 0 aromatic carbocycles. The first-order chi connectivity index (χ1) is 6.59. The van der Waals surface area contributed by atoms with Crippen LogP contribution in [0, 0.1) is 6.92 Å². The number of fused-ring (bicyclic) bond motifs is 3. The Hall–Kier alpha value is -0.830. The van der Waals surface area contributed by atoms with Crippen LogP contribution in [-0.4, -0.2) is 9.38 Å². The summed E-state index contributed by atoms with van der Waals surface area (Å²) in [6, 6.07) is 0. The Labute approximate surface area is 87.6 Å². The number of hydrogen-bond acceptors (Lipinski definition) is 2. The molecule has 0 spiro atoms. The van der Waals surface area contributed by atoms with Crippen LogP contribution in [-0.2, 0) is 11.8 Å². The summed E-state index contributed by atoms with van der Waals surface area (Å²) in [6.45, 7) is 6.76. The predicted molar refractivity (Wildman–Crippen MR) is 59.2 cm³/mol. The van der Waals surface area contributed by atoms with E-state index in [9.17, 15) is 0 Å². The van der Waals surface area contributed by atoms with E-state index in [1.54, 1.807) is 11.3 Å². The monoisotopic (exact) mass is 206 g/mol. The summed E-state index contributed by atoms with van der Waals surface area (Å²) in [5.74, 6) is 0. The molecule has 2 heterocycles. The first-order valence-electron chi connectivity index (χ1n) is 5.05. The summed E-state index contributed by atoms with van der Waals surface area (Å²) in [5.41, 5.74) is 4.39. The zero-order chi connectivity index (χ0) is 9.92. The second-order valence-corrected chi connectivity index (χ2v) is 5.62. The highest BCUT2D eigenvalue weighted by molar-refractivity contribution is 7.15. The van der Waals surface area contributed by atoms with E-state index in [2.05, 4.69) is 30.6 Å². The fourth-order valence-electron chi connectivity index (χ4n) is 2.39. The molecule has 0 N–H and O–H groups in total. The van der Waals surface area contributed by atoms with E-state index in [4.69, 9.17) is 4.98 Å². The molecule has 1 aliphatic carbocycles. The predicted octanol–water partition coefficient (Wildman–Crippen LogP) is 2.93. The van der Waals surface area contributed by atoms with Crippen LogP contribution in [0.2, 0.25) is 0 Å². The number of thiazole rings is 1. The van der Waals surface area contributed by atoms with Crippen LogP contribution < -0.4 is 0 Å². The van der Waals surface area contributed by atoms with Gasteiger partial charge in [0.1, 0.15) is 0 Å². The summed E-state index contributed by atoms with van der Waals surface area (Å²) in [5, 5.41) is 2.19. The molecule has 0 saturated carbocycles. The lowest BCUT2D eigenvalue weighted by atomic mass is 9.91. The molecule has 0 fully saturated rings. The third-order valence-electron chi connectivity index (χ3n) is 3.26. The van der Waals surface area contributed by atoms with Crippen molar-refractivity contribution in [1.29, 1.82) is 0 Å². The molecular weight excluding hydrogens is 192 g/mol. The van der Waals surface area contributed by atoms with Gasteiger partial charge in [0.2, 0.25) is 0 Å². The van der Waals surface area contributed by atoms with Crippen LogP contribution in [0.3, 0.4) is 0 Å². The van der Waals surface area contributed by atoms with Gasteiger partial charge >= 0.3 is 0 Å². The maximum Gasteiger partial charge on any atom is 0.194 e. The van der Waals surface area contributed by atoms with Crippen LogP contribution in [0.15, 0.2) is 5.38 Å². The van der Waals surface area contributed by atoms with Crippen molar-refractivity contribution in [1.82, 2.24) is 9.38 Å². The Balaban J connectivity index is 2.39. The molecule has 2 nitrogen and oxygen atoms in total. The summed E-state index contributed by atoms with van der Waals surface area (Å²) in [6.07, 6.45) is 2.42. The van der Waals surface area contributed by atoms with Crippen molar-refractivity contribution in [2.75, 3.05) is 0 Å². The van der Waals surface area contributed by atoms with Gasteiger partial charge in [0, 0.05) is 22.2 Å². The van der Waals surface area contributed by atoms with Crippen molar-refractivity contribution < 1.29 is 0 Å². The Morgan fingerprint density at radius 2 is 2.29 bits per heavy atom. The summed E-state index contributed by atoms with van der Waals surface area (Å²) < 4.78 is 2.33. The summed E-state index contributed by atoms with van der Waals surface area (Å²) in [7, 11) is 0. The molecule has 3 heteroatoms. The lowest BCUT2D eigenvalue weighted by Crippen LogP contribution is -2.12. The highest BCUT2D eigenvalue weighted by atomic mass is 32.1. The van der Waals surface area contributed by atoms with Gasteiger partial charge in [-0.3, -0.25) is 4.40 Å². The summed E-state index contributed by atoms with van der Waals surface area (Å²) in [4.78, 5) is 5.92. The Morgan fingerprint density at radius 1 is 1.50 bits per heavy atom. The molecule has 3 rings (SSSR count). The van der Waals surface area contributed by atoms with Gasteiger partial charge in [-0.1, -0.05) is 13.8 Å². The number of aromatic nitrogens is 2. The van der Waals surface area contributed by atoms with Gasteiger partial charge in [-0.2, -0.15) is 0 Å². The molecule has 0 radical (unpaired) electrons. The van der Waals surface area contributed by atoms with Crippen LogP contribution in [0.1, 0.15) is 37.4 Å². The van der Waals surface area contributed by atoms with E-state index in [-0.39, 0.29) is 5.41 Å². The highest BCUT2D eigenvalue weighted by Gasteiger charge is 2.34. The Bertz CT molecular complexity index is 505. The van der Waals surface area contributed by atoms with E-state index < -0.39 is 0 Å². The fraction of sp³-hybridized carbons (Fsp3) is 0.545. The molecule has 0 bridgehead atoms. The second kappa shape index (κ2) is 2.40. The third kappa shape index (κ3) is 0.883. The first kappa shape index (κ1) is 8.48. The number of imidazole rings is 1. The average molecular weight is 206 g/mol. The molecule has 2 aromatic rings. The second-order valence-electron chi connectivity index (χ2n) is 4.79. The van der Waals surface area contributed by atoms with Crippen LogP contribution in [0.4, 0.5) is 0 Å². The van der Waals surface area contributed by atoms with Gasteiger partial charge in [0.05, 0.1) is 5.69 Å². The SMILES string of the molecule is Cc1csc2nc3c(n12)CCC3(C)C. The molecule has 0 atom stereocenters. The average Bonchev–Trinajstić information content (AvgIpc) is 2.69. The van der Waals surface area contributed by atoms with Gasteiger partial charge in [0.25, 0.3) is 0 Å². The van der Waals surface area contributed by atoms with Crippen molar-refractivity contribution >= 4 is 16.3 Å². The maximum absolute atomic E-state index is 4.75. The minimum atomic E-state index is 0.285. The quantitative estimate of drug-likeness (QED) is 0.648. The topological polar surface area (TPSA) is 17.3 Å². The van der Waals surface area contributed by atoms with Gasteiger partial charge in [0.15, 0.2) is 4.96 Å². The van der Waals surface area contributed by atoms with Crippen molar-refractivity contribution in [2.45, 2.75) is 39.0 Å². The molecule has 0 amide bonds. The third-order valence-corrected chi connectivity index (χ3v) is 4.20.